The second-order valence-electron chi connectivity index (χ2n) is 6.75. The molecule has 3 rings (SSSR count). The fourth-order valence-corrected chi connectivity index (χ4v) is 3.47. The molecule has 5 N–H and O–H groups in total. The fourth-order valence-electron chi connectivity index (χ4n) is 3.47. The summed E-state index contributed by atoms with van der Waals surface area (Å²) in [5.74, 6) is 0. The van der Waals surface area contributed by atoms with Crippen molar-refractivity contribution in [2.24, 2.45) is 0 Å². The van der Waals surface area contributed by atoms with Crippen molar-refractivity contribution in [2.75, 3.05) is 0 Å². The maximum absolute atomic E-state index is 10.7. The Bertz CT molecular complexity index is 676. The van der Waals surface area contributed by atoms with Gasteiger partial charge in [0.05, 0.1) is 6.61 Å². The number of aliphatic hydroxyl groups excluding tert-OH is 5. The Kier molecular flexibility index (Phi) is 5.72. The van der Waals surface area contributed by atoms with Gasteiger partial charge in [-0.3, -0.25) is 0 Å². The van der Waals surface area contributed by atoms with Crippen molar-refractivity contribution in [3.63, 3.8) is 0 Å². The minimum atomic E-state index is -1.67. The van der Waals surface area contributed by atoms with E-state index in [2.05, 4.69) is 0 Å². The lowest BCUT2D eigenvalue weighted by Gasteiger charge is -2.50. The average Bonchev–Trinajstić information content (AvgIpc) is 2.69. The Hall–Kier alpha value is -1.80. The topological polar surface area (TPSA) is 110 Å². The molecule has 0 saturated heterocycles. The van der Waals surface area contributed by atoms with Gasteiger partial charge in [0.15, 0.2) is 0 Å². The maximum atomic E-state index is 10.7. The molecule has 26 heavy (non-hydrogen) atoms. The fraction of sp³-hybridized carbons (Fsp3) is 0.400. The summed E-state index contributed by atoms with van der Waals surface area (Å²) in [7, 11) is 0. The summed E-state index contributed by atoms with van der Waals surface area (Å²) in [4.78, 5) is 0. The predicted octanol–water partition coefficient (Wildman–Crippen LogP) is 0.00280. The van der Waals surface area contributed by atoms with Crippen molar-refractivity contribution in [1.82, 2.24) is 0 Å². The Labute approximate surface area is 151 Å². The molecule has 0 bridgehead atoms. The van der Waals surface area contributed by atoms with E-state index in [1.165, 1.54) is 0 Å². The molecule has 2 aromatic rings. The number of hydrogen-bond acceptors (Lipinski definition) is 6. The summed E-state index contributed by atoms with van der Waals surface area (Å²) in [5.41, 5.74) is -0.0983. The molecular weight excluding hydrogens is 336 g/mol. The maximum Gasteiger partial charge on any atom is 0.129 e. The van der Waals surface area contributed by atoms with Crippen molar-refractivity contribution < 1.29 is 30.3 Å². The van der Waals surface area contributed by atoms with Crippen molar-refractivity contribution >= 4 is 0 Å². The molecule has 6 nitrogen and oxygen atoms in total. The van der Waals surface area contributed by atoms with E-state index in [0.29, 0.717) is 0 Å². The van der Waals surface area contributed by atoms with Gasteiger partial charge >= 0.3 is 0 Å². The second kappa shape index (κ2) is 7.84. The lowest BCUT2D eigenvalue weighted by molar-refractivity contribution is -0.285. The summed E-state index contributed by atoms with van der Waals surface area (Å²) in [5, 5.41) is 51.6. The van der Waals surface area contributed by atoms with E-state index in [9.17, 15) is 25.5 Å². The number of rotatable bonds is 5. The average molecular weight is 360 g/mol. The van der Waals surface area contributed by atoms with Gasteiger partial charge in [0.2, 0.25) is 0 Å². The highest BCUT2D eigenvalue weighted by molar-refractivity contribution is 5.22. The van der Waals surface area contributed by atoms with E-state index in [4.69, 9.17) is 4.74 Å². The van der Waals surface area contributed by atoms with Gasteiger partial charge < -0.3 is 30.3 Å². The molecule has 0 heterocycles. The van der Waals surface area contributed by atoms with Crippen LogP contribution in [-0.4, -0.2) is 61.7 Å². The van der Waals surface area contributed by atoms with Crippen LogP contribution in [0.15, 0.2) is 60.7 Å². The van der Waals surface area contributed by atoms with Crippen LogP contribution in [0, 0.1) is 0 Å². The van der Waals surface area contributed by atoms with Crippen LogP contribution in [0.25, 0.3) is 0 Å². The number of benzene rings is 2. The third-order valence-corrected chi connectivity index (χ3v) is 5.02. The van der Waals surface area contributed by atoms with Crippen molar-refractivity contribution in [2.45, 2.75) is 49.1 Å². The Morgan fingerprint density at radius 3 is 1.62 bits per heavy atom. The minimum absolute atomic E-state index is 0.0594. The van der Waals surface area contributed by atoms with E-state index < -0.39 is 36.1 Å². The van der Waals surface area contributed by atoms with Crippen LogP contribution in [0.1, 0.15) is 11.1 Å². The molecule has 1 fully saturated rings. The van der Waals surface area contributed by atoms with Crippen LogP contribution >= 0.6 is 0 Å². The zero-order chi connectivity index (χ0) is 18.7. The molecule has 6 atom stereocenters. The molecule has 1 aliphatic rings. The summed E-state index contributed by atoms with van der Waals surface area (Å²) in [6.07, 6.45) is -8.06. The first-order valence-corrected chi connectivity index (χ1v) is 8.58. The largest absolute Gasteiger partial charge is 0.387 e. The monoisotopic (exact) mass is 360 g/mol. The SMILES string of the molecule is OC1[C@@H](O)[C@H](O)C(Cc2ccccc2)(OCc2ccccc2)[C@@H](O)[C@H]1O. The zero-order valence-electron chi connectivity index (χ0n) is 14.2. The molecule has 1 aliphatic carbocycles. The molecule has 0 aromatic heterocycles. The van der Waals surface area contributed by atoms with Crippen molar-refractivity contribution in [1.29, 1.82) is 0 Å². The zero-order valence-corrected chi connectivity index (χ0v) is 14.2. The highest BCUT2D eigenvalue weighted by Crippen LogP contribution is 2.37. The Morgan fingerprint density at radius 1 is 0.654 bits per heavy atom. The van der Waals surface area contributed by atoms with Crippen molar-refractivity contribution in [3.8, 4) is 0 Å². The standard InChI is InChI=1S/C20H24O6/c21-15-16(22)18(24)20(19(25)17(15)23,11-13-7-3-1-4-8-13)26-12-14-9-5-2-6-10-14/h1-10,15-19,21-25H,11-12H2/t15?,16-,17+,18-,19-,20?/m0/s1. The first-order chi connectivity index (χ1) is 12.5. The van der Waals surface area contributed by atoms with Gasteiger partial charge in [-0.25, -0.2) is 0 Å². The molecular formula is C20H24O6. The molecule has 0 aliphatic heterocycles. The van der Waals surface area contributed by atoms with E-state index in [1.807, 2.05) is 48.5 Å². The number of hydrogen-bond donors (Lipinski definition) is 5. The van der Waals surface area contributed by atoms with Gasteiger partial charge in [-0.2, -0.15) is 0 Å². The highest BCUT2D eigenvalue weighted by Gasteiger charge is 2.59. The molecule has 2 aromatic carbocycles. The molecule has 0 spiro atoms. The minimum Gasteiger partial charge on any atom is -0.387 e. The normalized spacial score (nSPS) is 34.6. The molecule has 2 unspecified atom stereocenters. The first kappa shape index (κ1) is 19.0. The van der Waals surface area contributed by atoms with Crippen LogP contribution in [-0.2, 0) is 17.8 Å². The van der Waals surface area contributed by atoms with Gasteiger partial charge in [0.25, 0.3) is 0 Å². The third kappa shape index (κ3) is 3.53. The Balaban J connectivity index is 1.94. The van der Waals surface area contributed by atoms with Crippen LogP contribution in [0.3, 0.4) is 0 Å². The van der Waals surface area contributed by atoms with Crippen molar-refractivity contribution in [3.05, 3.63) is 71.8 Å². The summed E-state index contributed by atoms with van der Waals surface area (Å²) < 4.78 is 5.94. The summed E-state index contributed by atoms with van der Waals surface area (Å²) in [6, 6.07) is 18.3. The first-order valence-electron chi connectivity index (χ1n) is 8.58. The van der Waals surface area contributed by atoms with Crippen LogP contribution < -0.4 is 0 Å². The molecule has 1 saturated carbocycles. The smallest absolute Gasteiger partial charge is 0.129 e. The van der Waals surface area contributed by atoms with Crippen LogP contribution in [0.2, 0.25) is 0 Å². The highest BCUT2D eigenvalue weighted by atomic mass is 16.5. The van der Waals surface area contributed by atoms with Gasteiger partial charge in [0, 0.05) is 6.42 Å². The van der Waals surface area contributed by atoms with Gasteiger partial charge in [-0.05, 0) is 11.1 Å². The second-order valence-corrected chi connectivity index (χ2v) is 6.75. The Morgan fingerprint density at radius 2 is 1.12 bits per heavy atom. The molecule has 6 heteroatoms. The lowest BCUT2D eigenvalue weighted by Crippen LogP contribution is -2.72. The van der Waals surface area contributed by atoms with E-state index >= 15 is 0 Å². The van der Waals surface area contributed by atoms with E-state index in [-0.39, 0.29) is 13.0 Å². The van der Waals surface area contributed by atoms with Gasteiger partial charge in [0.1, 0.15) is 36.1 Å². The molecule has 140 valence electrons. The predicted molar refractivity (Wildman–Crippen MR) is 94.1 cm³/mol. The number of aliphatic hydroxyl groups is 5. The van der Waals surface area contributed by atoms with Gasteiger partial charge in [-0.15, -0.1) is 0 Å². The quantitative estimate of drug-likeness (QED) is 0.514. The lowest BCUT2D eigenvalue weighted by atomic mass is 9.71. The van der Waals surface area contributed by atoms with Gasteiger partial charge in [-0.1, -0.05) is 60.7 Å². The summed E-state index contributed by atoms with van der Waals surface area (Å²) in [6.45, 7) is 0.0668. The molecule has 0 radical (unpaired) electrons. The molecule has 0 amide bonds. The van der Waals surface area contributed by atoms with E-state index in [0.717, 1.165) is 11.1 Å². The van der Waals surface area contributed by atoms with Crippen LogP contribution in [0.4, 0.5) is 0 Å². The summed E-state index contributed by atoms with van der Waals surface area (Å²) >= 11 is 0. The third-order valence-electron chi connectivity index (χ3n) is 5.02. The number of ether oxygens (including phenoxy) is 1. The van der Waals surface area contributed by atoms with E-state index in [1.54, 1.807) is 12.1 Å². The van der Waals surface area contributed by atoms with Crippen LogP contribution in [0.5, 0.6) is 0 Å².